The molecule has 8 N–H and O–H groups in total. The topological polar surface area (TPSA) is 270 Å². The van der Waals surface area contributed by atoms with Crippen LogP contribution in [0.1, 0.15) is 6.23 Å². The van der Waals surface area contributed by atoms with Crippen molar-refractivity contribution >= 4 is 40.4 Å². The number of anilines is 1. The van der Waals surface area contributed by atoms with E-state index in [2.05, 4.69) is 23.1 Å². The maximum absolute atomic E-state index is 11.8. The monoisotopic (exact) mass is 522 g/mol. The molecule has 21 heteroatoms. The number of fused-ring (bicyclic) bond motifs is 1. The number of nitrogens with two attached hydrogens (primary N) is 1. The molecule has 32 heavy (non-hydrogen) atoms. The fourth-order valence-corrected chi connectivity index (χ4v) is 5.82. The maximum atomic E-state index is 11.8. The number of aliphatic hydroxyl groups excluding tert-OH is 2. The van der Waals surface area contributed by atoms with Gasteiger partial charge in [-0.2, -0.15) is 8.62 Å². The van der Waals surface area contributed by atoms with Gasteiger partial charge in [0, 0.05) is 0 Å². The minimum atomic E-state index is -5.70. The molecular formula is C11H19N5O13P3+. The average Bonchev–Trinajstić information content (AvgIpc) is 3.16. The van der Waals surface area contributed by atoms with E-state index in [1.807, 2.05) is 0 Å². The first-order valence-corrected chi connectivity index (χ1v) is 12.9. The molecule has 0 saturated carbocycles. The van der Waals surface area contributed by atoms with Gasteiger partial charge in [0.25, 0.3) is 5.82 Å². The zero-order valence-electron chi connectivity index (χ0n) is 15.9. The molecule has 3 rings (SSSR count). The number of nitrogen functional groups attached to an aromatic ring is 1. The second kappa shape index (κ2) is 8.77. The summed E-state index contributed by atoms with van der Waals surface area (Å²) in [6.45, 7) is -0.949. The van der Waals surface area contributed by atoms with Gasteiger partial charge in [-0.05, 0) is 0 Å². The first kappa shape index (κ1) is 25.3. The number of imidazole rings is 1. The van der Waals surface area contributed by atoms with Gasteiger partial charge in [0.05, 0.1) is 13.7 Å². The molecule has 0 aliphatic carbocycles. The van der Waals surface area contributed by atoms with Crippen molar-refractivity contribution in [1.82, 2.24) is 14.5 Å². The molecule has 0 amide bonds. The van der Waals surface area contributed by atoms with Crippen LogP contribution in [0.3, 0.4) is 0 Å². The highest BCUT2D eigenvalue weighted by atomic mass is 31.3. The van der Waals surface area contributed by atoms with Crippen molar-refractivity contribution in [2.24, 2.45) is 7.05 Å². The molecule has 6 atom stereocenters. The standard InChI is InChI=1S/C11H18N5O13P3/c1-15-3-14-10-6(9(15)12)13-4-16(10)11-8(18)7(17)5(27-11)2-26-31(22,23)29-32(24,25)28-30(19,20)21/h3-5,7-8,11-12,17-18H,2H2,1H3,(H4,19,20,21,22,23,24,25)/p+1/t5-,7?,8+,11-/m1/s1. The summed E-state index contributed by atoms with van der Waals surface area (Å²) in [5.74, 6) is 0.256. The predicted molar refractivity (Wildman–Crippen MR) is 98.9 cm³/mol. The summed E-state index contributed by atoms with van der Waals surface area (Å²) in [5, 5.41) is 20.5. The van der Waals surface area contributed by atoms with Crippen LogP contribution in [0, 0.1) is 0 Å². The highest BCUT2D eigenvalue weighted by Gasteiger charge is 2.47. The maximum Gasteiger partial charge on any atom is 0.490 e. The van der Waals surface area contributed by atoms with E-state index in [4.69, 9.17) is 25.2 Å². The molecule has 1 saturated heterocycles. The fourth-order valence-electron chi connectivity index (χ4n) is 2.79. The zero-order valence-corrected chi connectivity index (χ0v) is 18.6. The molecule has 0 spiro atoms. The average molecular weight is 522 g/mol. The van der Waals surface area contributed by atoms with E-state index in [1.54, 1.807) is 7.05 Å². The molecule has 180 valence electrons. The van der Waals surface area contributed by atoms with Gasteiger partial charge < -0.3 is 40.3 Å². The molecule has 3 heterocycles. The van der Waals surface area contributed by atoms with Gasteiger partial charge in [-0.1, -0.05) is 4.98 Å². The molecular weight excluding hydrogens is 503 g/mol. The highest BCUT2D eigenvalue weighted by Crippen LogP contribution is 2.66. The van der Waals surface area contributed by atoms with Crippen LogP contribution in [-0.4, -0.2) is 69.2 Å². The lowest BCUT2D eigenvalue weighted by Gasteiger charge is -2.19. The van der Waals surface area contributed by atoms with Crippen molar-refractivity contribution in [1.29, 1.82) is 0 Å². The summed E-state index contributed by atoms with van der Waals surface area (Å²) >= 11 is 0. The Morgan fingerprint density at radius 1 is 1.12 bits per heavy atom. The van der Waals surface area contributed by atoms with Gasteiger partial charge in [-0.3, -0.25) is 9.09 Å². The predicted octanol–water partition coefficient (Wildman–Crippen LogP) is -2.20. The van der Waals surface area contributed by atoms with Crippen LogP contribution in [-0.2, 0) is 38.6 Å². The van der Waals surface area contributed by atoms with Crippen LogP contribution in [0.25, 0.3) is 11.2 Å². The van der Waals surface area contributed by atoms with E-state index in [0.717, 1.165) is 0 Å². The number of aryl methyl sites for hydroxylation is 1. The summed E-state index contributed by atoms with van der Waals surface area (Å²) in [6.07, 6.45) is -3.36. The van der Waals surface area contributed by atoms with Crippen LogP contribution in [0.5, 0.6) is 0 Å². The van der Waals surface area contributed by atoms with Gasteiger partial charge in [0.2, 0.25) is 12.0 Å². The number of ether oxygens (including phenoxy) is 1. The molecule has 2 aromatic rings. The number of phosphoric ester groups is 1. The smallest absolute Gasteiger partial charge is 0.387 e. The Balaban J connectivity index is 1.71. The lowest BCUT2D eigenvalue weighted by atomic mass is 10.1. The zero-order chi connectivity index (χ0) is 24.1. The lowest BCUT2D eigenvalue weighted by Crippen LogP contribution is -2.34. The third-order valence-electron chi connectivity index (χ3n) is 4.17. The van der Waals surface area contributed by atoms with E-state index in [0.29, 0.717) is 0 Å². The van der Waals surface area contributed by atoms with Gasteiger partial charge >= 0.3 is 23.5 Å². The van der Waals surface area contributed by atoms with Crippen LogP contribution < -0.4 is 10.3 Å². The summed E-state index contributed by atoms with van der Waals surface area (Å²) in [4.78, 5) is 43.9. The third kappa shape index (κ3) is 5.58. The Morgan fingerprint density at radius 2 is 1.78 bits per heavy atom. The number of hydrogen-bond acceptors (Lipinski definition) is 12. The number of hydrogen-bond donors (Lipinski definition) is 7. The second-order valence-electron chi connectivity index (χ2n) is 6.50. The molecule has 1 fully saturated rings. The van der Waals surface area contributed by atoms with Crippen molar-refractivity contribution in [3.63, 3.8) is 0 Å². The van der Waals surface area contributed by atoms with E-state index >= 15 is 0 Å². The third-order valence-corrected chi connectivity index (χ3v) is 7.98. The first-order valence-electron chi connectivity index (χ1n) is 8.37. The van der Waals surface area contributed by atoms with E-state index in [-0.39, 0.29) is 17.0 Å². The number of aliphatic hydroxyl groups is 2. The normalized spacial score (nSPS) is 28.0. The minimum Gasteiger partial charge on any atom is -0.387 e. The number of nitrogens with zero attached hydrogens (tertiary/aromatic N) is 4. The molecule has 0 aromatic carbocycles. The van der Waals surface area contributed by atoms with Crippen molar-refractivity contribution in [2.45, 2.75) is 24.5 Å². The van der Waals surface area contributed by atoms with Crippen molar-refractivity contribution < 1.29 is 65.9 Å². The number of aromatic nitrogens is 4. The Hall–Kier alpha value is -1.36. The van der Waals surface area contributed by atoms with Crippen LogP contribution >= 0.6 is 23.5 Å². The van der Waals surface area contributed by atoms with Crippen LogP contribution in [0.15, 0.2) is 12.7 Å². The minimum absolute atomic E-state index is 0.199. The SMILES string of the molecule is C[n+]1cnc2c(ncn2[C@@H]2O[C@H](COP(=O)(O)OP(=O)(O)OP(=O)(O)O)C(O)[C@@H]2O)c1N. The quantitative estimate of drug-likeness (QED) is 0.143. The molecule has 3 unspecified atom stereocenters. The second-order valence-corrected chi connectivity index (χ2v) is 10.9. The molecule has 18 nitrogen and oxygen atoms in total. The number of phosphoric acid groups is 3. The molecule has 1 aliphatic rings. The Kier molecular flexibility index (Phi) is 6.93. The van der Waals surface area contributed by atoms with Crippen molar-refractivity contribution in [3.8, 4) is 0 Å². The lowest BCUT2D eigenvalue weighted by molar-refractivity contribution is -0.658. The summed E-state index contributed by atoms with van der Waals surface area (Å²) in [7, 11) is -15.0. The van der Waals surface area contributed by atoms with Gasteiger partial charge in [0.1, 0.15) is 24.6 Å². The summed E-state index contributed by atoms with van der Waals surface area (Å²) in [6, 6.07) is 0. The van der Waals surface area contributed by atoms with Gasteiger partial charge in [-0.15, -0.1) is 0 Å². The van der Waals surface area contributed by atoms with E-state index in [9.17, 15) is 28.8 Å². The Bertz CT molecular complexity index is 1150. The van der Waals surface area contributed by atoms with Gasteiger partial charge in [-0.25, -0.2) is 23.2 Å². The largest absolute Gasteiger partial charge is 0.490 e. The van der Waals surface area contributed by atoms with Crippen LogP contribution in [0.4, 0.5) is 5.82 Å². The van der Waals surface area contributed by atoms with E-state index in [1.165, 1.54) is 21.8 Å². The first-order chi connectivity index (χ1) is 14.6. The fraction of sp³-hybridized carbons (Fsp3) is 0.545. The molecule has 0 radical (unpaired) electrons. The molecule has 0 bridgehead atoms. The summed E-state index contributed by atoms with van der Waals surface area (Å²) in [5.41, 5.74) is 6.38. The summed E-state index contributed by atoms with van der Waals surface area (Å²) < 4.78 is 53.6. The van der Waals surface area contributed by atoms with Crippen molar-refractivity contribution in [3.05, 3.63) is 12.7 Å². The van der Waals surface area contributed by atoms with E-state index < -0.39 is 54.6 Å². The van der Waals surface area contributed by atoms with Gasteiger partial charge in [0.15, 0.2) is 11.7 Å². The highest BCUT2D eigenvalue weighted by molar-refractivity contribution is 7.66. The number of rotatable bonds is 8. The molecule has 2 aromatic heterocycles. The Morgan fingerprint density at radius 3 is 2.41 bits per heavy atom. The van der Waals surface area contributed by atoms with Crippen molar-refractivity contribution in [2.75, 3.05) is 12.3 Å². The van der Waals surface area contributed by atoms with Crippen LogP contribution in [0.2, 0.25) is 0 Å². The molecule has 1 aliphatic heterocycles. The Labute approximate surface area is 178 Å².